The zero-order valence-corrected chi connectivity index (χ0v) is 9.14. The van der Waals surface area contributed by atoms with Crippen molar-refractivity contribution in [2.45, 2.75) is 33.0 Å². The van der Waals surface area contributed by atoms with Gasteiger partial charge in [0.05, 0.1) is 0 Å². The predicted octanol–water partition coefficient (Wildman–Crippen LogP) is 3.39. The lowest BCUT2D eigenvalue weighted by Crippen LogP contribution is -2.05. The molecule has 0 aromatic rings. The van der Waals surface area contributed by atoms with Crippen LogP contribution in [0.5, 0.6) is 0 Å². The highest BCUT2D eigenvalue weighted by Gasteiger charge is 2.22. The smallest absolute Gasteiger partial charge is 0.194 e. The minimum Gasteiger partial charge on any atom is -0.194 e. The molecule has 0 N–H and O–H groups in total. The van der Waals surface area contributed by atoms with Crippen molar-refractivity contribution in [3.63, 3.8) is 0 Å². The van der Waals surface area contributed by atoms with Crippen LogP contribution in [0, 0.1) is 5.92 Å². The van der Waals surface area contributed by atoms with Crippen molar-refractivity contribution in [1.82, 2.24) is 0 Å². The molecule has 1 unspecified atom stereocenters. The molecule has 0 saturated carbocycles. The number of hydrogen-bond acceptors (Lipinski definition) is 2. The van der Waals surface area contributed by atoms with E-state index in [-0.39, 0.29) is 0 Å². The molecule has 0 aromatic carbocycles. The summed E-state index contributed by atoms with van der Waals surface area (Å²) in [7, 11) is 0. The van der Waals surface area contributed by atoms with E-state index in [1.807, 2.05) is 0 Å². The molecule has 0 spiro atoms. The fraction of sp³-hybridized carbons (Fsp3) is 1.00. The van der Waals surface area contributed by atoms with Crippen molar-refractivity contribution >= 4 is 28.5 Å². The van der Waals surface area contributed by atoms with Crippen LogP contribution in [0.2, 0.25) is 6.32 Å². The molecule has 11 heavy (non-hydrogen) atoms. The third-order valence-electron chi connectivity index (χ3n) is 2.07. The third-order valence-corrected chi connectivity index (χ3v) is 5.15. The van der Waals surface area contributed by atoms with Gasteiger partial charge in [-0.2, -0.15) is 23.2 Å². The Morgan fingerprint density at radius 1 is 1.36 bits per heavy atom. The summed E-state index contributed by atoms with van der Waals surface area (Å²) in [6.07, 6.45) is 4.20. The van der Waals surface area contributed by atoms with Crippen LogP contribution in [0.25, 0.3) is 0 Å². The van der Waals surface area contributed by atoms with Gasteiger partial charge in [-0.25, -0.2) is 0 Å². The molecule has 1 aliphatic rings. The van der Waals surface area contributed by atoms with Gasteiger partial charge in [0.15, 0.2) is 0 Å². The largest absolute Gasteiger partial charge is 0.273 e. The van der Waals surface area contributed by atoms with E-state index in [0.717, 1.165) is 11.2 Å². The summed E-state index contributed by atoms with van der Waals surface area (Å²) in [5, 5.41) is 0.927. The summed E-state index contributed by atoms with van der Waals surface area (Å²) in [6.45, 7) is 4.67. The third kappa shape index (κ3) is 3.79. The molecule has 1 aliphatic heterocycles. The van der Waals surface area contributed by atoms with Crippen molar-refractivity contribution in [1.29, 1.82) is 0 Å². The van der Waals surface area contributed by atoms with Gasteiger partial charge in [0.25, 0.3) is 5.27 Å². The highest BCUT2D eigenvalue weighted by Crippen LogP contribution is 2.33. The maximum Gasteiger partial charge on any atom is 0.273 e. The van der Waals surface area contributed by atoms with Crippen LogP contribution in [-0.4, -0.2) is 16.8 Å². The van der Waals surface area contributed by atoms with Crippen molar-refractivity contribution in [2.24, 2.45) is 5.92 Å². The lowest BCUT2D eigenvalue weighted by Gasteiger charge is -2.10. The van der Waals surface area contributed by atoms with Gasteiger partial charge in [-0.05, 0) is 17.4 Å². The second kappa shape index (κ2) is 5.42. The second-order valence-corrected chi connectivity index (χ2v) is 6.22. The summed E-state index contributed by atoms with van der Waals surface area (Å²) in [6, 6.07) is 0. The van der Waals surface area contributed by atoms with Crippen LogP contribution in [0.4, 0.5) is 0 Å². The molecule has 0 aliphatic carbocycles. The average molecular weight is 188 g/mol. The topological polar surface area (TPSA) is 0 Å². The Labute approximate surface area is 79.2 Å². The summed E-state index contributed by atoms with van der Waals surface area (Å²) < 4.78 is 0. The maximum absolute atomic E-state index is 2.39. The second-order valence-electron chi connectivity index (χ2n) is 3.30. The van der Waals surface area contributed by atoms with E-state index in [1.54, 1.807) is 0 Å². The lowest BCUT2D eigenvalue weighted by atomic mass is 9.87. The van der Waals surface area contributed by atoms with Crippen LogP contribution in [0.15, 0.2) is 0 Å². The molecule has 1 rings (SSSR count). The van der Waals surface area contributed by atoms with Gasteiger partial charge in [0.1, 0.15) is 0 Å². The summed E-state index contributed by atoms with van der Waals surface area (Å²) in [4.78, 5) is 0. The van der Waals surface area contributed by atoms with Gasteiger partial charge >= 0.3 is 0 Å². The van der Waals surface area contributed by atoms with Crippen LogP contribution in [0.1, 0.15) is 26.7 Å². The zero-order valence-electron chi connectivity index (χ0n) is 7.51. The SMILES string of the molecule is CCCC(C)CB1SCCS1. The highest BCUT2D eigenvalue weighted by molar-refractivity contribution is 8.56. The molecule has 0 amide bonds. The first kappa shape index (κ1) is 9.85. The van der Waals surface area contributed by atoms with Gasteiger partial charge in [0.2, 0.25) is 0 Å². The number of hydrogen-bond donors (Lipinski definition) is 0. The molecule has 1 heterocycles. The quantitative estimate of drug-likeness (QED) is 0.620. The molecule has 1 saturated heterocycles. The van der Waals surface area contributed by atoms with Crippen molar-refractivity contribution < 1.29 is 0 Å². The first-order valence-electron chi connectivity index (χ1n) is 4.56. The van der Waals surface area contributed by atoms with Crippen LogP contribution in [-0.2, 0) is 0 Å². The van der Waals surface area contributed by atoms with Gasteiger partial charge in [-0.1, -0.05) is 33.0 Å². The van der Waals surface area contributed by atoms with E-state index in [0.29, 0.717) is 0 Å². The molecule has 64 valence electrons. The molecule has 0 aromatic heterocycles. The van der Waals surface area contributed by atoms with Crippen molar-refractivity contribution in [3.05, 3.63) is 0 Å². The van der Waals surface area contributed by atoms with E-state index in [4.69, 9.17) is 0 Å². The van der Waals surface area contributed by atoms with E-state index in [2.05, 4.69) is 37.1 Å². The number of rotatable bonds is 4. The first-order chi connectivity index (χ1) is 5.33. The minimum atomic E-state index is 0.927. The van der Waals surface area contributed by atoms with Gasteiger partial charge in [0, 0.05) is 0 Å². The molecule has 0 bridgehead atoms. The molecule has 0 nitrogen and oxygen atoms in total. The first-order valence-corrected chi connectivity index (χ1v) is 6.66. The normalized spacial score (nSPS) is 20.7. The van der Waals surface area contributed by atoms with Crippen LogP contribution in [0.3, 0.4) is 0 Å². The Kier molecular flexibility index (Phi) is 4.85. The van der Waals surface area contributed by atoms with E-state index in [9.17, 15) is 0 Å². The van der Waals surface area contributed by atoms with E-state index < -0.39 is 0 Å². The van der Waals surface area contributed by atoms with Crippen molar-refractivity contribution in [3.8, 4) is 0 Å². The predicted molar refractivity (Wildman–Crippen MR) is 59.5 cm³/mol. The fourth-order valence-corrected chi connectivity index (χ4v) is 4.67. The fourth-order valence-electron chi connectivity index (χ4n) is 1.48. The standard InChI is InChI=1S/C8H17BS2/c1-3-4-8(2)7-9-10-5-6-11-9/h8H,3-7H2,1-2H3. The summed E-state index contributed by atoms with van der Waals surface area (Å²) in [5.74, 6) is 3.71. The van der Waals surface area contributed by atoms with Crippen LogP contribution >= 0.6 is 23.2 Å². The highest BCUT2D eigenvalue weighted by atomic mass is 32.2. The van der Waals surface area contributed by atoms with Gasteiger partial charge in [-0.15, -0.1) is 0 Å². The van der Waals surface area contributed by atoms with Crippen LogP contribution < -0.4 is 0 Å². The average Bonchev–Trinajstić information content (AvgIpc) is 2.40. The summed E-state index contributed by atoms with van der Waals surface area (Å²) >= 11 is 4.32. The van der Waals surface area contributed by atoms with Gasteiger partial charge < -0.3 is 0 Å². The van der Waals surface area contributed by atoms with E-state index >= 15 is 0 Å². The molecular formula is C8H17BS2. The van der Waals surface area contributed by atoms with E-state index in [1.165, 1.54) is 30.7 Å². The van der Waals surface area contributed by atoms with Gasteiger partial charge in [-0.3, -0.25) is 0 Å². The molecule has 0 radical (unpaired) electrons. The van der Waals surface area contributed by atoms with Crippen molar-refractivity contribution in [2.75, 3.05) is 11.5 Å². The zero-order chi connectivity index (χ0) is 8.10. The molecule has 3 heteroatoms. The maximum atomic E-state index is 2.39. The lowest BCUT2D eigenvalue weighted by molar-refractivity contribution is 0.574. The Hall–Kier alpha value is 0.765. The molecular weight excluding hydrogens is 171 g/mol. The Morgan fingerprint density at radius 3 is 2.55 bits per heavy atom. The Morgan fingerprint density at radius 2 is 2.00 bits per heavy atom. The molecule has 1 atom stereocenters. The minimum absolute atomic E-state index is 0.927. The molecule has 1 fully saturated rings. The monoisotopic (exact) mass is 188 g/mol. The Balaban J connectivity index is 2.08. The Bertz CT molecular complexity index is 102. The summed E-state index contributed by atoms with van der Waals surface area (Å²) in [5.41, 5.74) is 0.